The maximum Gasteiger partial charge on any atom is 0.152 e. The SMILES string of the molecule is CCNc1nccnc1-c1cc2c(cc1OC)CC(C)O2. The third-order valence-electron chi connectivity index (χ3n) is 3.52. The number of aromatic nitrogens is 2. The molecule has 1 atom stereocenters. The van der Waals surface area contributed by atoms with Crippen LogP contribution in [0.2, 0.25) is 0 Å². The fourth-order valence-corrected chi connectivity index (χ4v) is 2.63. The maximum atomic E-state index is 5.84. The molecule has 1 unspecified atom stereocenters. The Labute approximate surface area is 124 Å². The third-order valence-corrected chi connectivity index (χ3v) is 3.52. The van der Waals surface area contributed by atoms with E-state index in [1.165, 1.54) is 5.56 Å². The molecule has 0 bridgehead atoms. The van der Waals surface area contributed by atoms with Gasteiger partial charge < -0.3 is 14.8 Å². The predicted octanol–water partition coefficient (Wildman–Crippen LogP) is 2.91. The highest BCUT2D eigenvalue weighted by molar-refractivity contribution is 5.78. The van der Waals surface area contributed by atoms with Crippen molar-refractivity contribution in [3.05, 3.63) is 30.1 Å². The van der Waals surface area contributed by atoms with E-state index in [1.807, 2.05) is 19.1 Å². The standard InChI is InChI=1S/C16H19N3O2/c1-4-17-16-15(18-5-6-19-16)12-9-13-11(7-10(2)21-13)8-14(12)20-3/h5-6,8-10H,4,7H2,1-3H3,(H,17,19). The smallest absolute Gasteiger partial charge is 0.152 e. The Morgan fingerprint density at radius 2 is 2.14 bits per heavy atom. The van der Waals surface area contributed by atoms with Crippen LogP contribution in [0, 0.1) is 0 Å². The lowest BCUT2D eigenvalue weighted by Crippen LogP contribution is -2.05. The molecule has 0 amide bonds. The molecule has 2 aromatic rings. The second-order valence-electron chi connectivity index (χ2n) is 5.08. The van der Waals surface area contributed by atoms with Crippen molar-refractivity contribution in [1.29, 1.82) is 0 Å². The summed E-state index contributed by atoms with van der Waals surface area (Å²) in [6, 6.07) is 4.04. The molecule has 0 saturated carbocycles. The van der Waals surface area contributed by atoms with Crippen molar-refractivity contribution < 1.29 is 9.47 Å². The zero-order valence-electron chi connectivity index (χ0n) is 12.5. The molecule has 1 aliphatic rings. The molecular formula is C16H19N3O2. The van der Waals surface area contributed by atoms with Gasteiger partial charge in [-0.25, -0.2) is 4.98 Å². The predicted molar refractivity (Wildman–Crippen MR) is 82.0 cm³/mol. The van der Waals surface area contributed by atoms with E-state index in [-0.39, 0.29) is 6.10 Å². The first kappa shape index (κ1) is 13.7. The molecule has 0 spiro atoms. The topological polar surface area (TPSA) is 56.3 Å². The number of nitrogens with one attached hydrogen (secondary N) is 1. The largest absolute Gasteiger partial charge is 0.496 e. The Kier molecular flexibility index (Phi) is 3.64. The minimum absolute atomic E-state index is 0.204. The molecule has 110 valence electrons. The van der Waals surface area contributed by atoms with Crippen LogP contribution < -0.4 is 14.8 Å². The normalized spacial score (nSPS) is 16.2. The number of anilines is 1. The van der Waals surface area contributed by atoms with Gasteiger partial charge in [-0.1, -0.05) is 0 Å². The van der Waals surface area contributed by atoms with Crippen LogP contribution >= 0.6 is 0 Å². The van der Waals surface area contributed by atoms with E-state index in [2.05, 4.69) is 22.2 Å². The molecule has 1 N–H and O–H groups in total. The number of nitrogens with zero attached hydrogens (tertiary/aromatic N) is 2. The van der Waals surface area contributed by atoms with Crippen LogP contribution in [-0.4, -0.2) is 29.7 Å². The number of benzene rings is 1. The van der Waals surface area contributed by atoms with Crippen molar-refractivity contribution in [2.75, 3.05) is 19.0 Å². The van der Waals surface area contributed by atoms with Crippen molar-refractivity contribution >= 4 is 5.82 Å². The van der Waals surface area contributed by atoms with Crippen LogP contribution in [0.4, 0.5) is 5.82 Å². The van der Waals surface area contributed by atoms with Crippen LogP contribution in [-0.2, 0) is 6.42 Å². The van der Waals surface area contributed by atoms with Gasteiger partial charge in [0.1, 0.15) is 23.3 Å². The van der Waals surface area contributed by atoms with Gasteiger partial charge in [-0.15, -0.1) is 0 Å². The second kappa shape index (κ2) is 5.60. The van der Waals surface area contributed by atoms with Gasteiger partial charge >= 0.3 is 0 Å². The van der Waals surface area contributed by atoms with E-state index < -0.39 is 0 Å². The number of rotatable bonds is 4. The quantitative estimate of drug-likeness (QED) is 0.936. The molecule has 3 rings (SSSR count). The second-order valence-corrected chi connectivity index (χ2v) is 5.08. The molecule has 1 aromatic heterocycles. The van der Waals surface area contributed by atoms with Crippen molar-refractivity contribution in [2.24, 2.45) is 0 Å². The van der Waals surface area contributed by atoms with Crippen LogP contribution in [0.15, 0.2) is 24.5 Å². The molecule has 5 nitrogen and oxygen atoms in total. The number of hydrogen-bond donors (Lipinski definition) is 1. The summed E-state index contributed by atoms with van der Waals surface area (Å²) in [6.45, 7) is 4.88. The fourth-order valence-electron chi connectivity index (χ4n) is 2.63. The number of fused-ring (bicyclic) bond motifs is 1. The van der Waals surface area contributed by atoms with Crippen molar-refractivity contribution in [3.63, 3.8) is 0 Å². The molecule has 5 heteroatoms. The van der Waals surface area contributed by atoms with Gasteiger partial charge in [0.25, 0.3) is 0 Å². The average Bonchev–Trinajstić information content (AvgIpc) is 2.86. The summed E-state index contributed by atoms with van der Waals surface area (Å²) in [5, 5.41) is 3.23. The first-order valence-corrected chi connectivity index (χ1v) is 7.15. The first-order valence-electron chi connectivity index (χ1n) is 7.15. The summed E-state index contributed by atoms with van der Waals surface area (Å²) >= 11 is 0. The Bertz CT molecular complexity index is 658. The van der Waals surface area contributed by atoms with Gasteiger partial charge in [0, 0.05) is 36.5 Å². The average molecular weight is 285 g/mol. The summed E-state index contributed by atoms with van der Waals surface area (Å²) in [4.78, 5) is 8.82. The molecule has 0 aliphatic carbocycles. The van der Waals surface area contributed by atoms with E-state index >= 15 is 0 Å². The van der Waals surface area contributed by atoms with Crippen LogP contribution in [0.1, 0.15) is 19.4 Å². The highest BCUT2D eigenvalue weighted by Crippen LogP contribution is 2.40. The van der Waals surface area contributed by atoms with Crippen molar-refractivity contribution in [1.82, 2.24) is 9.97 Å². The van der Waals surface area contributed by atoms with E-state index in [0.29, 0.717) is 0 Å². The van der Waals surface area contributed by atoms with E-state index in [9.17, 15) is 0 Å². The van der Waals surface area contributed by atoms with E-state index in [4.69, 9.17) is 9.47 Å². The van der Waals surface area contributed by atoms with Gasteiger partial charge in [0.15, 0.2) is 5.82 Å². The lowest BCUT2D eigenvalue weighted by molar-refractivity contribution is 0.254. The zero-order valence-corrected chi connectivity index (χ0v) is 12.5. The Morgan fingerprint density at radius 1 is 1.33 bits per heavy atom. The molecule has 1 aromatic carbocycles. The fraction of sp³-hybridized carbons (Fsp3) is 0.375. The summed E-state index contributed by atoms with van der Waals surface area (Å²) in [5.74, 6) is 2.46. The zero-order chi connectivity index (χ0) is 14.8. The Morgan fingerprint density at radius 3 is 2.90 bits per heavy atom. The summed E-state index contributed by atoms with van der Waals surface area (Å²) in [5.41, 5.74) is 2.86. The Balaban J connectivity index is 2.12. The van der Waals surface area contributed by atoms with Crippen molar-refractivity contribution in [3.8, 4) is 22.8 Å². The third kappa shape index (κ3) is 2.51. The van der Waals surface area contributed by atoms with Crippen LogP contribution in [0.5, 0.6) is 11.5 Å². The van der Waals surface area contributed by atoms with Gasteiger partial charge in [-0.3, -0.25) is 4.98 Å². The molecule has 2 heterocycles. The number of ether oxygens (including phenoxy) is 2. The molecule has 21 heavy (non-hydrogen) atoms. The molecular weight excluding hydrogens is 266 g/mol. The molecule has 0 fully saturated rings. The number of methoxy groups -OCH3 is 1. The molecule has 0 radical (unpaired) electrons. The minimum Gasteiger partial charge on any atom is -0.496 e. The minimum atomic E-state index is 0.204. The van der Waals surface area contributed by atoms with E-state index in [0.717, 1.165) is 41.5 Å². The van der Waals surface area contributed by atoms with Gasteiger partial charge in [-0.05, 0) is 26.0 Å². The summed E-state index contributed by atoms with van der Waals surface area (Å²) < 4.78 is 11.4. The van der Waals surface area contributed by atoms with Gasteiger partial charge in [0.05, 0.1) is 7.11 Å². The van der Waals surface area contributed by atoms with Crippen LogP contribution in [0.3, 0.4) is 0 Å². The first-order chi connectivity index (χ1) is 10.2. The van der Waals surface area contributed by atoms with Crippen LogP contribution in [0.25, 0.3) is 11.3 Å². The van der Waals surface area contributed by atoms with E-state index in [1.54, 1.807) is 19.5 Å². The van der Waals surface area contributed by atoms with Crippen molar-refractivity contribution in [2.45, 2.75) is 26.4 Å². The Hall–Kier alpha value is -2.30. The lowest BCUT2D eigenvalue weighted by Gasteiger charge is -2.13. The summed E-state index contributed by atoms with van der Waals surface area (Å²) in [7, 11) is 1.67. The monoisotopic (exact) mass is 285 g/mol. The molecule has 0 saturated heterocycles. The lowest BCUT2D eigenvalue weighted by atomic mass is 10.0. The molecule has 1 aliphatic heterocycles. The maximum absolute atomic E-state index is 5.84. The number of hydrogen-bond acceptors (Lipinski definition) is 5. The highest BCUT2D eigenvalue weighted by atomic mass is 16.5. The van der Waals surface area contributed by atoms with Gasteiger partial charge in [0.2, 0.25) is 0 Å². The highest BCUT2D eigenvalue weighted by Gasteiger charge is 2.23. The summed E-state index contributed by atoms with van der Waals surface area (Å²) in [6.07, 6.45) is 4.48. The van der Waals surface area contributed by atoms with Gasteiger partial charge in [-0.2, -0.15) is 0 Å².